The predicted octanol–water partition coefficient (Wildman–Crippen LogP) is 0.952. The number of amides is 4. The Bertz CT molecular complexity index is 411. The van der Waals surface area contributed by atoms with Crippen LogP contribution in [-0.4, -0.2) is 48.0 Å². The molecule has 1 unspecified atom stereocenters. The van der Waals surface area contributed by atoms with Crippen LogP contribution in [0.15, 0.2) is 11.8 Å². The SMILES string of the molecule is COC(=O)C1=CN(C(=O)NCCCBr)C(=O)NC1C. The molecule has 1 aliphatic rings. The summed E-state index contributed by atoms with van der Waals surface area (Å²) in [4.78, 5) is 35.8. The number of methoxy groups -OCH3 is 1. The molecule has 0 aromatic carbocycles. The fourth-order valence-electron chi connectivity index (χ4n) is 1.49. The Hall–Kier alpha value is -1.57. The molecule has 1 heterocycles. The number of ether oxygens (including phenoxy) is 1. The number of imide groups is 1. The van der Waals surface area contributed by atoms with Crippen molar-refractivity contribution in [3.63, 3.8) is 0 Å². The van der Waals surface area contributed by atoms with E-state index in [2.05, 4.69) is 31.3 Å². The Labute approximate surface area is 119 Å². The van der Waals surface area contributed by atoms with Gasteiger partial charge in [0.2, 0.25) is 0 Å². The average Bonchev–Trinajstić information content (AvgIpc) is 2.38. The van der Waals surface area contributed by atoms with Gasteiger partial charge in [0.1, 0.15) is 0 Å². The van der Waals surface area contributed by atoms with Gasteiger partial charge in [-0.3, -0.25) is 0 Å². The lowest BCUT2D eigenvalue weighted by Crippen LogP contribution is -2.53. The van der Waals surface area contributed by atoms with E-state index in [1.807, 2.05) is 0 Å². The maximum absolute atomic E-state index is 11.8. The van der Waals surface area contributed by atoms with Crippen LogP contribution >= 0.6 is 15.9 Å². The Morgan fingerprint density at radius 2 is 2.26 bits per heavy atom. The van der Waals surface area contributed by atoms with Gasteiger partial charge in [-0.25, -0.2) is 19.3 Å². The Morgan fingerprint density at radius 3 is 2.84 bits per heavy atom. The molecule has 7 nitrogen and oxygen atoms in total. The summed E-state index contributed by atoms with van der Waals surface area (Å²) in [5, 5.41) is 5.84. The zero-order valence-corrected chi connectivity index (χ0v) is 12.3. The number of alkyl halides is 1. The number of carbonyl (C=O) groups is 3. The molecule has 106 valence electrons. The first kappa shape index (κ1) is 15.5. The summed E-state index contributed by atoms with van der Waals surface area (Å²) in [6, 6.07) is -1.64. The van der Waals surface area contributed by atoms with Crippen molar-refractivity contribution in [2.45, 2.75) is 19.4 Å². The third-order valence-electron chi connectivity index (χ3n) is 2.52. The second kappa shape index (κ2) is 7.13. The highest BCUT2D eigenvalue weighted by Gasteiger charge is 2.31. The minimum Gasteiger partial charge on any atom is -0.466 e. The number of nitrogens with one attached hydrogen (secondary N) is 2. The minimum atomic E-state index is -0.578. The highest BCUT2D eigenvalue weighted by Crippen LogP contribution is 2.13. The Morgan fingerprint density at radius 1 is 1.58 bits per heavy atom. The van der Waals surface area contributed by atoms with Crippen LogP contribution in [-0.2, 0) is 9.53 Å². The first-order valence-corrected chi connectivity index (χ1v) is 6.87. The molecule has 1 rings (SSSR count). The molecule has 1 atom stereocenters. The first-order valence-electron chi connectivity index (χ1n) is 5.74. The van der Waals surface area contributed by atoms with Crippen LogP contribution < -0.4 is 10.6 Å². The quantitative estimate of drug-likeness (QED) is 0.455. The van der Waals surface area contributed by atoms with Gasteiger partial charge in [0.05, 0.1) is 18.7 Å². The fraction of sp³-hybridized carbons (Fsp3) is 0.545. The average molecular weight is 334 g/mol. The molecule has 8 heteroatoms. The smallest absolute Gasteiger partial charge is 0.337 e. The van der Waals surface area contributed by atoms with Crippen molar-refractivity contribution in [3.8, 4) is 0 Å². The second-order valence-electron chi connectivity index (χ2n) is 3.89. The summed E-state index contributed by atoms with van der Waals surface area (Å²) < 4.78 is 4.60. The molecule has 0 saturated carbocycles. The number of nitrogens with zero attached hydrogens (tertiary/aromatic N) is 1. The zero-order valence-electron chi connectivity index (χ0n) is 10.7. The molecule has 0 bridgehead atoms. The van der Waals surface area contributed by atoms with Crippen LogP contribution in [0.4, 0.5) is 9.59 Å². The number of esters is 1. The molecule has 0 radical (unpaired) electrons. The van der Waals surface area contributed by atoms with Crippen molar-refractivity contribution < 1.29 is 19.1 Å². The predicted molar refractivity (Wildman–Crippen MR) is 71.7 cm³/mol. The number of hydrogen-bond acceptors (Lipinski definition) is 4. The van der Waals surface area contributed by atoms with E-state index in [-0.39, 0.29) is 5.57 Å². The summed E-state index contributed by atoms with van der Waals surface area (Å²) in [7, 11) is 1.24. The molecule has 0 aromatic rings. The van der Waals surface area contributed by atoms with Crippen LogP contribution in [0.5, 0.6) is 0 Å². The van der Waals surface area contributed by atoms with Gasteiger partial charge in [-0.05, 0) is 13.3 Å². The lowest BCUT2D eigenvalue weighted by atomic mass is 10.1. The van der Waals surface area contributed by atoms with Gasteiger partial charge in [0.15, 0.2) is 0 Å². The minimum absolute atomic E-state index is 0.220. The molecule has 2 N–H and O–H groups in total. The van der Waals surface area contributed by atoms with E-state index < -0.39 is 24.1 Å². The van der Waals surface area contributed by atoms with Crippen LogP contribution in [0.1, 0.15) is 13.3 Å². The van der Waals surface area contributed by atoms with Gasteiger partial charge in [0.25, 0.3) is 0 Å². The summed E-state index contributed by atoms with van der Waals surface area (Å²) in [6.07, 6.45) is 1.95. The number of hydrogen-bond donors (Lipinski definition) is 2. The van der Waals surface area contributed by atoms with E-state index in [1.165, 1.54) is 13.3 Å². The maximum Gasteiger partial charge on any atom is 0.337 e. The molecule has 19 heavy (non-hydrogen) atoms. The van der Waals surface area contributed by atoms with Crippen LogP contribution in [0.25, 0.3) is 0 Å². The van der Waals surface area contributed by atoms with Gasteiger partial charge < -0.3 is 15.4 Å². The van der Waals surface area contributed by atoms with Crippen LogP contribution in [0.3, 0.4) is 0 Å². The number of rotatable bonds is 4. The van der Waals surface area contributed by atoms with E-state index >= 15 is 0 Å². The maximum atomic E-state index is 11.8. The monoisotopic (exact) mass is 333 g/mol. The lowest BCUT2D eigenvalue weighted by molar-refractivity contribution is -0.136. The highest BCUT2D eigenvalue weighted by molar-refractivity contribution is 9.09. The van der Waals surface area contributed by atoms with Gasteiger partial charge in [-0.1, -0.05) is 15.9 Å². The molecule has 1 aliphatic heterocycles. The van der Waals surface area contributed by atoms with Crippen molar-refractivity contribution in [2.75, 3.05) is 19.0 Å². The molecule has 0 fully saturated rings. The largest absolute Gasteiger partial charge is 0.466 e. The van der Waals surface area contributed by atoms with Crippen molar-refractivity contribution in [2.24, 2.45) is 0 Å². The van der Waals surface area contributed by atoms with Crippen LogP contribution in [0, 0.1) is 0 Å². The zero-order chi connectivity index (χ0) is 14.4. The van der Waals surface area contributed by atoms with Crippen molar-refractivity contribution in [1.29, 1.82) is 0 Å². The highest BCUT2D eigenvalue weighted by atomic mass is 79.9. The summed E-state index contributed by atoms with van der Waals surface area (Å²) >= 11 is 3.24. The number of halogens is 1. The molecule has 0 saturated heterocycles. The van der Waals surface area contributed by atoms with Gasteiger partial charge in [-0.15, -0.1) is 0 Å². The van der Waals surface area contributed by atoms with E-state index in [4.69, 9.17) is 0 Å². The van der Waals surface area contributed by atoms with Crippen molar-refractivity contribution >= 4 is 34.0 Å². The van der Waals surface area contributed by atoms with Crippen LogP contribution in [0.2, 0.25) is 0 Å². The lowest BCUT2D eigenvalue weighted by Gasteiger charge is -2.27. The third kappa shape index (κ3) is 3.95. The van der Waals surface area contributed by atoms with Gasteiger partial charge >= 0.3 is 18.0 Å². The molecule has 0 aromatic heterocycles. The van der Waals surface area contributed by atoms with E-state index in [9.17, 15) is 14.4 Å². The first-order chi connectivity index (χ1) is 9.01. The summed E-state index contributed by atoms with van der Waals surface area (Å²) in [6.45, 7) is 2.07. The normalized spacial score (nSPS) is 18.5. The molecule has 0 spiro atoms. The fourth-order valence-corrected chi connectivity index (χ4v) is 1.77. The van der Waals surface area contributed by atoms with Gasteiger partial charge in [-0.2, -0.15) is 0 Å². The molecule has 4 amide bonds. The van der Waals surface area contributed by atoms with E-state index in [1.54, 1.807) is 6.92 Å². The van der Waals surface area contributed by atoms with E-state index in [0.29, 0.717) is 6.54 Å². The molecular formula is C11H16BrN3O4. The Kier molecular flexibility index (Phi) is 5.81. The van der Waals surface area contributed by atoms with Crippen molar-refractivity contribution in [1.82, 2.24) is 15.5 Å². The third-order valence-corrected chi connectivity index (χ3v) is 3.08. The summed E-state index contributed by atoms with van der Waals surface area (Å²) in [5.74, 6) is -0.578. The van der Waals surface area contributed by atoms with Crippen molar-refractivity contribution in [3.05, 3.63) is 11.8 Å². The standard InChI is InChI=1S/C11H16BrN3O4/c1-7-8(9(16)19-2)6-15(11(18)14-7)10(17)13-5-3-4-12/h6-7H,3-5H2,1-2H3,(H,13,17)(H,14,18). The number of carbonyl (C=O) groups excluding carboxylic acids is 3. The Balaban J connectivity index is 2.80. The van der Waals surface area contributed by atoms with E-state index in [0.717, 1.165) is 16.7 Å². The summed E-state index contributed by atoms with van der Waals surface area (Å²) in [5.41, 5.74) is 0.220. The topological polar surface area (TPSA) is 87.7 Å². The van der Waals surface area contributed by atoms with Gasteiger partial charge in [0, 0.05) is 18.1 Å². The number of urea groups is 2. The molecular weight excluding hydrogens is 318 g/mol. The second-order valence-corrected chi connectivity index (χ2v) is 4.68. The molecule has 0 aliphatic carbocycles.